The van der Waals surface area contributed by atoms with Crippen molar-refractivity contribution in [2.75, 3.05) is 24.5 Å². The van der Waals surface area contributed by atoms with E-state index in [1.54, 1.807) is 6.07 Å². The fourth-order valence-electron chi connectivity index (χ4n) is 3.24. The van der Waals surface area contributed by atoms with Crippen LogP contribution in [0.2, 0.25) is 0 Å². The van der Waals surface area contributed by atoms with E-state index in [0.29, 0.717) is 6.04 Å². The second kappa shape index (κ2) is 5.30. The van der Waals surface area contributed by atoms with Gasteiger partial charge in [-0.2, -0.15) is 0 Å². The third-order valence-electron chi connectivity index (χ3n) is 4.60. The minimum absolute atomic E-state index is 0.214. The quantitative estimate of drug-likeness (QED) is 0.909. The zero-order chi connectivity index (χ0) is 14.2. The van der Waals surface area contributed by atoms with Crippen LogP contribution in [0, 0.1) is 11.7 Å². The number of aromatic amines is 1. The number of nitrogens with one attached hydrogen (secondary N) is 2. The van der Waals surface area contributed by atoms with Gasteiger partial charge in [0.1, 0.15) is 5.82 Å². The van der Waals surface area contributed by atoms with Crippen molar-refractivity contribution in [2.45, 2.75) is 31.7 Å². The van der Waals surface area contributed by atoms with Crippen LogP contribution < -0.4 is 10.2 Å². The molecule has 2 N–H and O–H groups in total. The molecule has 2 aliphatic rings. The van der Waals surface area contributed by atoms with Crippen molar-refractivity contribution in [3.63, 3.8) is 0 Å². The van der Waals surface area contributed by atoms with E-state index in [-0.39, 0.29) is 5.82 Å². The monoisotopic (exact) mass is 288 g/mol. The van der Waals surface area contributed by atoms with Crippen molar-refractivity contribution < 1.29 is 4.39 Å². The van der Waals surface area contributed by atoms with Crippen LogP contribution in [-0.2, 0) is 0 Å². The number of H-pyrrole nitrogens is 1. The number of halogens is 1. The van der Waals surface area contributed by atoms with E-state index in [4.69, 9.17) is 0 Å². The molecule has 5 heteroatoms. The topological polar surface area (TPSA) is 44.0 Å². The number of fused-ring (bicyclic) bond motifs is 1. The summed E-state index contributed by atoms with van der Waals surface area (Å²) in [7, 11) is 0. The van der Waals surface area contributed by atoms with Gasteiger partial charge in [0.05, 0.1) is 11.0 Å². The van der Waals surface area contributed by atoms with Crippen LogP contribution in [0.1, 0.15) is 25.7 Å². The summed E-state index contributed by atoms with van der Waals surface area (Å²) >= 11 is 0. The lowest BCUT2D eigenvalue weighted by atomic mass is 9.97. The van der Waals surface area contributed by atoms with Gasteiger partial charge in [0.25, 0.3) is 0 Å². The number of nitrogens with zero attached hydrogens (tertiary/aromatic N) is 2. The molecule has 1 aromatic heterocycles. The molecule has 0 bridgehead atoms. The Morgan fingerprint density at radius 1 is 1.19 bits per heavy atom. The van der Waals surface area contributed by atoms with Crippen molar-refractivity contribution >= 4 is 17.0 Å². The first-order chi connectivity index (χ1) is 10.3. The van der Waals surface area contributed by atoms with Gasteiger partial charge >= 0.3 is 0 Å². The fourth-order valence-corrected chi connectivity index (χ4v) is 3.24. The summed E-state index contributed by atoms with van der Waals surface area (Å²) in [4.78, 5) is 10.4. The molecule has 1 aliphatic carbocycles. The molecule has 2 aromatic rings. The summed E-state index contributed by atoms with van der Waals surface area (Å²) in [5.74, 6) is 1.43. The second-order valence-electron chi connectivity index (χ2n) is 6.30. The van der Waals surface area contributed by atoms with Crippen LogP contribution in [0.25, 0.3) is 11.0 Å². The zero-order valence-electron chi connectivity index (χ0n) is 12.1. The van der Waals surface area contributed by atoms with Crippen LogP contribution in [0.15, 0.2) is 18.2 Å². The molecule has 4 rings (SSSR count). The lowest BCUT2D eigenvalue weighted by Gasteiger charge is -2.30. The van der Waals surface area contributed by atoms with E-state index >= 15 is 0 Å². The number of benzene rings is 1. The summed E-state index contributed by atoms with van der Waals surface area (Å²) in [6.45, 7) is 3.30. The number of piperidine rings is 1. The van der Waals surface area contributed by atoms with Crippen molar-refractivity contribution in [3.05, 3.63) is 24.0 Å². The first-order valence-corrected chi connectivity index (χ1v) is 7.92. The number of imidazole rings is 1. The summed E-state index contributed by atoms with van der Waals surface area (Å²) in [5, 5.41) is 3.42. The maximum Gasteiger partial charge on any atom is 0.204 e. The smallest absolute Gasteiger partial charge is 0.204 e. The van der Waals surface area contributed by atoms with E-state index in [1.165, 1.54) is 37.8 Å². The first-order valence-electron chi connectivity index (χ1n) is 7.92. The maximum atomic E-state index is 13.3. The molecule has 4 nitrogen and oxygen atoms in total. The van der Waals surface area contributed by atoms with Crippen LogP contribution in [0.5, 0.6) is 0 Å². The SMILES string of the molecule is Fc1ccc2nc(N(CC3CCNCC3)C3CC3)[nH]c2c1. The fraction of sp³-hybridized carbons (Fsp3) is 0.562. The highest BCUT2D eigenvalue weighted by Gasteiger charge is 2.32. The van der Waals surface area contributed by atoms with Gasteiger partial charge in [0.2, 0.25) is 5.95 Å². The molecule has 0 atom stereocenters. The molecule has 0 spiro atoms. The molecule has 1 aliphatic heterocycles. The Kier molecular flexibility index (Phi) is 3.30. The lowest BCUT2D eigenvalue weighted by Crippen LogP contribution is -2.37. The number of aromatic nitrogens is 2. The number of anilines is 1. The van der Waals surface area contributed by atoms with Crippen molar-refractivity contribution in [2.24, 2.45) is 5.92 Å². The average Bonchev–Trinajstić information content (AvgIpc) is 3.25. The van der Waals surface area contributed by atoms with Gasteiger partial charge in [-0.3, -0.25) is 0 Å². The largest absolute Gasteiger partial charge is 0.339 e. The van der Waals surface area contributed by atoms with E-state index in [9.17, 15) is 4.39 Å². The average molecular weight is 288 g/mol. The Hall–Kier alpha value is -1.62. The lowest BCUT2D eigenvalue weighted by molar-refractivity contribution is 0.371. The first kappa shape index (κ1) is 13.1. The molecule has 0 unspecified atom stereocenters. The Morgan fingerprint density at radius 2 is 2.00 bits per heavy atom. The minimum Gasteiger partial charge on any atom is -0.339 e. The van der Waals surface area contributed by atoms with Gasteiger partial charge in [0.15, 0.2) is 0 Å². The Morgan fingerprint density at radius 3 is 2.76 bits per heavy atom. The molecule has 112 valence electrons. The summed E-state index contributed by atoms with van der Waals surface area (Å²) in [6.07, 6.45) is 4.96. The third-order valence-corrected chi connectivity index (χ3v) is 4.60. The van der Waals surface area contributed by atoms with Gasteiger partial charge in [-0.05, 0) is 62.9 Å². The van der Waals surface area contributed by atoms with Crippen LogP contribution in [0.3, 0.4) is 0 Å². The third kappa shape index (κ3) is 2.75. The minimum atomic E-state index is -0.214. The highest BCUT2D eigenvalue weighted by atomic mass is 19.1. The standard InChI is InChI=1S/C16H21FN4/c17-12-1-4-14-15(9-12)20-16(19-14)21(13-2-3-13)10-11-5-7-18-8-6-11/h1,4,9,11,13,18H,2-3,5-8,10H2,(H,19,20). The normalized spacial score (nSPS) is 20.0. The molecule has 0 amide bonds. The molecular weight excluding hydrogens is 267 g/mol. The van der Waals surface area contributed by atoms with Crippen LogP contribution in [-0.4, -0.2) is 35.6 Å². The molecule has 1 saturated heterocycles. The van der Waals surface area contributed by atoms with Crippen LogP contribution in [0.4, 0.5) is 10.3 Å². The Labute approximate surface area is 123 Å². The van der Waals surface area contributed by atoms with E-state index in [2.05, 4.69) is 20.2 Å². The van der Waals surface area contributed by atoms with E-state index < -0.39 is 0 Å². The molecule has 2 heterocycles. The summed E-state index contributed by atoms with van der Waals surface area (Å²) < 4.78 is 13.3. The van der Waals surface area contributed by atoms with Gasteiger partial charge in [-0.1, -0.05) is 0 Å². The number of hydrogen-bond donors (Lipinski definition) is 2. The second-order valence-corrected chi connectivity index (χ2v) is 6.30. The highest BCUT2D eigenvalue weighted by Crippen LogP contribution is 2.33. The number of rotatable bonds is 4. The Bertz CT molecular complexity index is 628. The van der Waals surface area contributed by atoms with Crippen LogP contribution >= 0.6 is 0 Å². The Balaban J connectivity index is 1.59. The number of hydrogen-bond acceptors (Lipinski definition) is 3. The molecular formula is C16H21FN4. The molecule has 21 heavy (non-hydrogen) atoms. The van der Waals surface area contributed by atoms with Gasteiger partial charge in [-0.25, -0.2) is 9.37 Å². The molecule has 1 aromatic carbocycles. The maximum absolute atomic E-state index is 13.3. The molecule has 2 fully saturated rings. The molecule has 1 saturated carbocycles. The van der Waals surface area contributed by atoms with Crippen molar-refractivity contribution in [3.8, 4) is 0 Å². The van der Waals surface area contributed by atoms with Crippen molar-refractivity contribution in [1.29, 1.82) is 0 Å². The van der Waals surface area contributed by atoms with Crippen molar-refractivity contribution in [1.82, 2.24) is 15.3 Å². The molecule has 0 radical (unpaired) electrons. The zero-order valence-corrected chi connectivity index (χ0v) is 12.1. The highest BCUT2D eigenvalue weighted by molar-refractivity contribution is 5.77. The van der Waals surface area contributed by atoms with E-state index in [0.717, 1.165) is 42.5 Å². The van der Waals surface area contributed by atoms with Gasteiger partial charge in [0, 0.05) is 12.6 Å². The van der Waals surface area contributed by atoms with Gasteiger partial charge < -0.3 is 15.2 Å². The summed E-state index contributed by atoms with van der Waals surface area (Å²) in [5.41, 5.74) is 1.64. The van der Waals surface area contributed by atoms with E-state index in [1.807, 2.05) is 0 Å². The predicted octanol–water partition coefficient (Wildman–Crippen LogP) is 2.67. The predicted molar refractivity (Wildman–Crippen MR) is 82.0 cm³/mol. The summed E-state index contributed by atoms with van der Waals surface area (Å²) in [6, 6.07) is 5.37. The van der Waals surface area contributed by atoms with Gasteiger partial charge in [-0.15, -0.1) is 0 Å².